The summed E-state index contributed by atoms with van der Waals surface area (Å²) in [6.45, 7) is 5.34. The fourth-order valence-corrected chi connectivity index (χ4v) is 2.37. The average Bonchev–Trinajstić information content (AvgIpc) is 3.22. The van der Waals surface area contributed by atoms with E-state index in [1.54, 1.807) is 0 Å². The van der Waals surface area contributed by atoms with Crippen LogP contribution in [0.3, 0.4) is 0 Å². The number of nitrogen functional groups attached to an aromatic ring is 1. The number of benzene rings is 1. The van der Waals surface area contributed by atoms with Gasteiger partial charge in [-0.25, -0.2) is 0 Å². The van der Waals surface area contributed by atoms with Gasteiger partial charge in [-0.3, -0.25) is 4.79 Å². The molecule has 1 amide bonds. The Morgan fingerprint density at radius 3 is 2.50 bits per heavy atom. The van der Waals surface area contributed by atoms with Crippen LogP contribution in [0.15, 0.2) is 24.3 Å². The van der Waals surface area contributed by atoms with Crippen molar-refractivity contribution in [1.82, 2.24) is 4.90 Å². The zero-order valence-electron chi connectivity index (χ0n) is 12.6. The third kappa shape index (κ3) is 4.55. The predicted octanol–water partition coefficient (Wildman–Crippen LogP) is 3.24. The second kappa shape index (κ2) is 6.78. The lowest BCUT2D eigenvalue weighted by molar-refractivity contribution is -0.131. The first-order valence-corrected chi connectivity index (χ1v) is 7.70. The molecule has 1 saturated carbocycles. The monoisotopic (exact) mass is 274 g/mol. The van der Waals surface area contributed by atoms with Crippen LogP contribution in [0.4, 0.5) is 5.69 Å². The molecule has 0 bridgehead atoms. The summed E-state index contributed by atoms with van der Waals surface area (Å²) < 4.78 is 0. The number of anilines is 1. The van der Waals surface area contributed by atoms with E-state index in [0.29, 0.717) is 24.3 Å². The minimum atomic E-state index is 0.310. The highest BCUT2D eigenvalue weighted by molar-refractivity contribution is 5.77. The molecular weight excluding hydrogens is 248 g/mol. The van der Waals surface area contributed by atoms with Crippen LogP contribution in [-0.4, -0.2) is 23.4 Å². The highest BCUT2D eigenvalue weighted by Crippen LogP contribution is 2.28. The number of nitrogens with two attached hydrogens (primary N) is 1. The molecule has 1 fully saturated rings. The number of aryl methyl sites for hydroxylation is 1. The van der Waals surface area contributed by atoms with Crippen molar-refractivity contribution in [3.05, 3.63) is 29.8 Å². The van der Waals surface area contributed by atoms with E-state index in [4.69, 9.17) is 5.73 Å². The molecule has 3 heteroatoms. The van der Waals surface area contributed by atoms with E-state index in [1.807, 2.05) is 24.3 Å². The van der Waals surface area contributed by atoms with E-state index in [-0.39, 0.29) is 0 Å². The number of rotatable bonds is 7. The molecule has 1 aromatic rings. The summed E-state index contributed by atoms with van der Waals surface area (Å²) >= 11 is 0. The molecule has 0 aliphatic heterocycles. The first kappa shape index (κ1) is 14.9. The van der Waals surface area contributed by atoms with Gasteiger partial charge in [0.15, 0.2) is 0 Å². The molecule has 0 aromatic heterocycles. The van der Waals surface area contributed by atoms with Crippen molar-refractivity contribution >= 4 is 11.6 Å². The second-order valence-corrected chi connectivity index (χ2v) is 6.24. The van der Waals surface area contributed by atoms with Gasteiger partial charge >= 0.3 is 0 Å². The SMILES string of the molecule is CC(C)CCN(C(=O)CCc1ccc(N)cc1)C1CC1. The van der Waals surface area contributed by atoms with Gasteiger partial charge in [-0.1, -0.05) is 26.0 Å². The van der Waals surface area contributed by atoms with Gasteiger partial charge < -0.3 is 10.6 Å². The lowest BCUT2D eigenvalue weighted by Gasteiger charge is -2.23. The highest BCUT2D eigenvalue weighted by Gasteiger charge is 2.31. The molecule has 0 unspecified atom stereocenters. The predicted molar refractivity (Wildman–Crippen MR) is 83.4 cm³/mol. The number of hydrogen-bond donors (Lipinski definition) is 1. The topological polar surface area (TPSA) is 46.3 Å². The van der Waals surface area contributed by atoms with Gasteiger partial charge in [0.2, 0.25) is 5.91 Å². The van der Waals surface area contributed by atoms with Crippen LogP contribution in [0, 0.1) is 5.92 Å². The van der Waals surface area contributed by atoms with Crippen LogP contribution < -0.4 is 5.73 Å². The number of carbonyl (C=O) groups is 1. The molecule has 2 N–H and O–H groups in total. The molecule has 0 heterocycles. The van der Waals surface area contributed by atoms with Gasteiger partial charge in [0.1, 0.15) is 0 Å². The molecular formula is C17H26N2O. The maximum atomic E-state index is 12.4. The maximum Gasteiger partial charge on any atom is 0.223 e. The Morgan fingerprint density at radius 1 is 1.30 bits per heavy atom. The number of hydrogen-bond acceptors (Lipinski definition) is 2. The number of amides is 1. The Hall–Kier alpha value is -1.51. The third-order valence-corrected chi connectivity index (χ3v) is 3.86. The Bertz CT molecular complexity index is 435. The van der Waals surface area contributed by atoms with Gasteiger partial charge in [0, 0.05) is 24.7 Å². The molecule has 0 spiro atoms. The van der Waals surface area contributed by atoms with Crippen LogP contribution >= 0.6 is 0 Å². The normalized spacial score (nSPS) is 14.6. The van der Waals surface area contributed by atoms with Crippen molar-refractivity contribution in [2.75, 3.05) is 12.3 Å². The molecule has 1 aliphatic rings. The largest absolute Gasteiger partial charge is 0.399 e. The summed E-state index contributed by atoms with van der Waals surface area (Å²) in [5.41, 5.74) is 7.63. The average molecular weight is 274 g/mol. The first-order chi connectivity index (χ1) is 9.56. The zero-order valence-corrected chi connectivity index (χ0v) is 12.6. The van der Waals surface area contributed by atoms with Crippen LogP contribution in [0.2, 0.25) is 0 Å². The summed E-state index contributed by atoms with van der Waals surface area (Å²) in [6.07, 6.45) is 4.89. The van der Waals surface area contributed by atoms with Crippen LogP contribution in [0.5, 0.6) is 0 Å². The first-order valence-electron chi connectivity index (χ1n) is 7.70. The van der Waals surface area contributed by atoms with Gasteiger partial charge in [-0.2, -0.15) is 0 Å². The van der Waals surface area contributed by atoms with Gasteiger partial charge in [-0.05, 0) is 49.3 Å². The standard InChI is InChI=1S/C17H26N2O/c1-13(2)11-12-19(16-8-9-16)17(20)10-5-14-3-6-15(18)7-4-14/h3-4,6-7,13,16H,5,8-12,18H2,1-2H3. The Labute approximate surface area is 122 Å². The van der Waals surface area contributed by atoms with E-state index >= 15 is 0 Å². The molecule has 20 heavy (non-hydrogen) atoms. The Morgan fingerprint density at radius 2 is 1.95 bits per heavy atom. The lowest BCUT2D eigenvalue weighted by Crippen LogP contribution is -2.34. The molecule has 1 aromatic carbocycles. The summed E-state index contributed by atoms with van der Waals surface area (Å²) in [5.74, 6) is 0.964. The van der Waals surface area contributed by atoms with E-state index in [0.717, 1.165) is 25.1 Å². The van der Waals surface area contributed by atoms with E-state index < -0.39 is 0 Å². The van der Waals surface area contributed by atoms with E-state index in [2.05, 4.69) is 18.7 Å². The van der Waals surface area contributed by atoms with Gasteiger partial charge in [0.05, 0.1) is 0 Å². The van der Waals surface area contributed by atoms with Crippen molar-refractivity contribution in [3.63, 3.8) is 0 Å². The molecule has 2 rings (SSSR count). The lowest BCUT2D eigenvalue weighted by atomic mass is 10.1. The van der Waals surface area contributed by atoms with Gasteiger partial charge in [0.25, 0.3) is 0 Å². The quantitative estimate of drug-likeness (QED) is 0.776. The molecule has 1 aliphatic carbocycles. The Balaban J connectivity index is 1.83. The van der Waals surface area contributed by atoms with E-state index in [1.165, 1.54) is 18.4 Å². The van der Waals surface area contributed by atoms with Crippen LogP contribution in [0.1, 0.15) is 45.1 Å². The molecule has 0 atom stereocenters. The molecule has 0 radical (unpaired) electrons. The molecule has 110 valence electrons. The number of carbonyl (C=O) groups excluding carboxylic acids is 1. The summed E-state index contributed by atoms with van der Waals surface area (Å²) in [7, 11) is 0. The summed E-state index contributed by atoms with van der Waals surface area (Å²) in [5, 5.41) is 0. The minimum Gasteiger partial charge on any atom is -0.399 e. The van der Waals surface area contributed by atoms with Gasteiger partial charge in [-0.15, -0.1) is 0 Å². The second-order valence-electron chi connectivity index (χ2n) is 6.24. The molecule has 3 nitrogen and oxygen atoms in total. The summed E-state index contributed by atoms with van der Waals surface area (Å²) in [4.78, 5) is 14.5. The van der Waals surface area contributed by atoms with Crippen molar-refractivity contribution < 1.29 is 4.79 Å². The van der Waals surface area contributed by atoms with Crippen molar-refractivity contribution in [2.24, 2.45) is 5.92 Å². The summed E-state index contributed by atoms with van der Waals surface area (Å²) in [6, 6.07) is 8.35. The smallest absolute Gasteiger partial charge is 0.223 e. The highest BCUT2D eigenvalue weighted by atomic mass is 16.2. The maximum absolute atomic E-state index is 12.4. The van der Waals surface area contributed by atoms with Crippen LogP contribution in [-0.2, 0) is 11.2 Å². The molecule has 0 saturated heterocycles. The van der Waals surface area contributed by atoms with E-state index in [9.17, 15) is 4.79 Å². The third-order valence-electron chi connectivity index (χ3n) is 3.86. The fraction of sp³-hybridized carbons (Fsp3) is 0.588. The van der Waals surface area contributed by atoms with Crippen LogP contribution in [0.25, 0.3) is 0 Å². The van der Waals surface area contributed by atoms with Crippen molar-refractivity contribution in [1.29, 1.82) is 0 Å². The Kier molecular flexibility index (Phi) is 5.05. The van der Waals surface area contributed by atoms with Crippen molar-refractivity contribution in [3.8, 4) is 0 Å². The fourth-order valence-electron chi connectivity index (χ4n) is 2.37. The zero-order chi connectivity index (χ0) is 14.5. The van der Waals surface area contributed by atoms with Crippen molar-refractivity contribution in [2.45, 2.75) is 52.0 Å². The minimum absolute atomic E-state index is 0.310. The number of nitrogens with zero attached hydrogens (tertiary/aromatic N) is 1.